The molecular weight excluding hydrogens is 480 g/mol. The number of carbonyl (C=O) groups is 3. The SMILES string of the molecule is O=C(C[n+]1ccc2ccccc2c1)NCCCNC(=O)NCCCNC(=O)C[n+]1ccc2ccccc2c1. The number of pyridine rings is 2. The van der Waals surface area contributed by atoms with Gasteiger partial charge in [-0.2, -0.15) is 9.13 Å². The Hall–Kier alpha value is -4.53. The van der Waals surface area contributed by atoms with Crippen molar-refractivity contribution in [3.63, 3.8) is 0 Å². The van der Waals surface area contributed by atoms with E-state index in [9.17, 15) is 14.4 Å². The summed E-state index contributed by atoms with van der Waals surface area (Å²) in [6.45, 7) is 2.36. The molecule has 4 N–H and O–H groups in total. The number of nitrogens with zero attached hydrogens (tertiary/aromatic N) is 2. The number of hydrogen-bond acceptors (Lipinski definition) is 3. The minimum atomic E-state index is -0.263. The molecule has 9 nitrogen and oxygen atoms in total. The average molecular weight is 515 g/mol. The van der Waals surface area contributed by atoms with Crippen LogP contribution in [-0.4, -0.2) is 44.0 Å². The molecule has 4 amide bonds. The molecule has 2 heterocycles. The Morgan fingerprint density at radius 2 is 0.921 bits per heavy atom. The van der Waals surface area contributed by atoms with E-state index in [1.807, 2.05) is 94.6 Å². The Kier molecular flexibility index (Phi) is 9.56. The summed E-state index contributed by atoms with van der Waals surface area (Å²) in [7, 11) is 0. The van der Waals surface area contributed by atoms with Crippen LogP contribution in [0.3, 0.4) is 0 Å². The fraction of sp³-hybridized carbons (Fsp3) is 0.276. The van der Waals surface area contributed by atoms with Crippen LogP contribution in [0.4, 0.5) is 4.79 Å². The highest BCUT2D eigenvalue weighted by molar-refractivity contribution is 5.81. The predicted octanol–water partition coefficient (Wildman–Crippen LogP) is 1.58. The quantitative estimate of drug-likeness (QED) is 0.170. The number of urea groups is 1. The summed E-state index contributed by atoms with van der Waals surface area (Å²) in [5.74, 6) is -0.147. The van der Waals surface area contributed by atoms with Gasteiger partial charge in [-0.3, -0.25) is 9.59 Å². The minimum Gasteiger partial charge on any atom is -0.351 e. The van der Waals surface area contributed by atoms with Gasteiger partial charge in [0.1, 0.15) is 0 Å². The lowest BCUT2D eigenvalue weighted by Gasteiger charge is -2.08. The van der Waals surface area contributed by atoms with Crippen molar-refractivity contribution in [2.75, 3.05) is 26.2 Å². The number of benzene rings is 2. The Morgan fingerprint density at radius 1 is 0.526 bits per heavy atom. The zero-order valence-electron chi connectivity index (χ0n) is 21.4. The van der Waals surface area contributed by atoms with Crippen molar-refractivity contribution < 1.29 is 23.5 Å². The van der Waals surface area contributed by atoms with Gasteiger partial charge in [0.05, 0.1) is 0 Å². The lowest BCUT2D eigenvalue weighted by molar-refractivity contribution is -0.683. The molecule has 0 fully saturated rings. The van der Waals surface area contributed by atoms with E-state index >= 15 is 0 Å². The molecule has 0 saturated heterocycles. The van der Waals surface area contributed by atoms with Crippen LogP contribution in [0.5, 0.6) is 0 Å². The number of aromatic nitrogens is 2. The molecular formula is C29H34N6O3+2. The molecule has 0 unspecified atom stereocenters. The van der Waals surface area contributed by atoms with E-state index in [4.69, 9.17) is 0 Å². The topological polar surface area (TPSA) is 107 Å². The zero-order valence-corrected chi connectivity index (χ0v) is 21.4. The van der Waals surface area contributed by atoms with E-state index in [1.165, 1.54) is 0 Å². The first-order valence-electron chi connectivity index (χ1n) is 12.9. The van der Waals surface area contributed by atoms with Gasteiger partial charge in [-0.1, -0.05) is 36.4 Å². The molecule has 0 radical (unpaired) electrons. The summed E-state index contributed by atoms with van der Waals surface area (Å²) in [5.41, 5.74) is 0. The molecule has 2 aromatic heterocycles. The number of rotatable bonds is 12. The van der Waals surface area contributed by atoms with Gasteiger partial charge in [0.15, 0.2) is 24.8 Å². The summed E-state index contributed by atoms with van der Waals surface area (Å²) in [5, 5.41) is 15.7. The highest BCUT2D eigenvalue weighted by Gasteiger charge is 2.11. The second-order valence-electron chi connectivity index (χ2n) is 9.08. The molecule has 0 aliphatic heterocycles. The lowest BCUT2D eigenvalue weighted by Crippen LogP contribution is -2.43. The Balaban J connectivity index is 1.01. The van der Waals surface area contributed by atoms with Crippen molar-refractivity contribution in [1.82, 2.24) is 21.3 Å². The second kappa shape index (κ2) is 13.7. The molecule has 4 rings (SSSR count). The summed E-state index contributed by atoms with van der Waals surface area (Å²) in [6.07, 6.45) is 8.95. The first kappa shape index (κ1) is 26.5. The van der Waals surface area contributed by atoms with Crippen LogP contribution in [-0.2, 0) is 22.7 Å². The van der Waals surface area contributed by atoms with Gasteiger partial charge < -0.3 is 21.3 Å². The van der Waals surface area contributed by atoms with Gasteiger partial charge in [0.25, 0.3) is 11.8 Å². The number of amides is 4. The molecule has 38 heavy (non-hydrogen) atoms. The van der Waals surface area contributed by atoms with Gasteiger partial charge in [-0.15, -0.1) is 0 Å². The fourth-order valence-electron chi connectivity index (χ4n) is 4.09. The lowest BCUT2D eigenvalue weighted by atomic mass is 10.2. The van der Waals surface area contributed by atoms with Gasteiger partial charge in [0, 0.05) is 49.1 Å². The largest absolute Gasteiger partial charge is 0.351 e. The third kappa shape index (κ3) is 8.26. The van der Waals surface area contributed by atoms with E-state index in [0.29, 0.717) is 39.0 Å². The molecule has 0 spiro atoms. The number of nitrogens with one attached hydrogen (secondary N) is 4. The van der Waals surface area contributed by atoms with Crippen molar-refractivity contribution in [2.24, 2.45) is 0 Å². The summed E-state index contributed by atoms with van der Waals surface area (Å²) < 4.78 is 3.71. The maximum absolute atomic E-state index is 12.2. The minimum absolute atomic E-state index is 0.0733. The van der Waals surface area contributed by atoms with Crippen LogP contribution in [0, 0.1) is 0 Å². The van der Waals surface area contributed by atoms with Crippen LogP contribution in [0.1, 0.15) is 12.8 Å². The Bertz CT molecular complexity index is 1300. The number of carbonyl (C=O) groups excluding carboxylic acids is 3. The van der Waals surface area contributed by atoms with Gasteiger partial charge in [-0.05, 0) is 35.7 Å². The van der Waals surface area contributed by atoms with Crippen LogP contribution < -0.4 is 30.4 Å². The van der Waals surface area contributed by atoms with Crippen molar-refractivity contribution >= 4 is 39.4 Å². The predicted molar refractivity (Wildman–Crippen MR) is 145 cm³/mol. The summed E-state index contributed by atoms with van der Waals surface area (Å²) in [6, 6.07) is 19.7. The normalized spacial score (nSPS) is 10.7. The maximum Gasteiger partial charge on any atom is 0.314 e. The summed E-state index contributed by atoms with van der Waals surface area (Å²) >= 11 is 0. The molecule has 0 aliphatic rings. The second-order valence-corrected chi connectivity index (χ2v) is 9.08. The molecule has 0 bridgehead atoms. The smallest absolute Gasteiger partial charge is 0.314 e. The van der Waals surface area contributed by atoms with Crippen molar-refractivity contribution in [1.29, 1.82) is 0 Å². The zero-order chi connectivity index (χ0) is 26.6. The highest BCUT2D eigenvalue weighted by atomic mass is 16.2. The van der Waals surface area contributed by atoms with Crippen molar-refractivity contribution in [3.8, 4) is 0 Å². The average Bonchev–Trinajstić information content (AvgIpc) is 2.92. The summed E-state index contributed by atoms with van der Waals surface area (Å²) in [4.78, 5) is 36.3. The molecule has 196 valence electrons. The van der Waals surface area contributed by atoms with E-state index in [0.717, 1.165) is 21.5 Å². The first-order valence-corrected chi connectivity index (χ1v) is 12.9. The monoisotopic (exact) mass is 514 g/mol. The molecule has 0 saturated carbocycles. The molecule has 4 aromatic rings. The molecule has 2 aromatic carbocycles. The molecule has 9 heteroatoms. The van der Waals surface area contributed by atoms with E-state index in [-0.39, 0.29) is 30.9 Å². The fourth-order valence-corrected chi connectivity index (χ4v) is 4.09. The van der Waals surface area contributed by atoms with Crippen molar-refractivity contribution in [3.05, 3.63) is 85.5 Å². The highest BCUT2D eigenvalue weighted by Crippen LogP contribution is 2.10. The third-order valence-electron chi connectivity index (χ3n) is 6.07. The number of fused-ring (bicyclic) bond motifs is 2. The van der Waals surface area contributed by atoms with Crippen molar-refractivity contribution in [2.45, 2.75) is 25.9 Å². The van der Waals surface area contributed by atoms with Gasteiger partial charge in [-0.25, -0.2) is 4.79 Å². The van der Waals surface area contributed by atoms with Crippen LogP contribution in [0.2, 0.25) is 0 Å². The Labute approximate surface area is 221 Å². The van der Waals surface area contributed by atoms with Crippen LogP contribution >= 0.6 is 0 Å². The van der Waals surface area contributed by atoms with Gasteiger partial charge >= 0.3 is 6.03 Å². The molecule has 0 atom stereocenters. The molecule has 0 aliphatic carbocycles. The third-order valence-corrected chi connectivity index (χ3v) is 6.07. The first-order chi connectivity index (χ1) is 18.6. The standard InChI is InChI=1S/C29H32N6O3/c36-27(21-34-17-11-23-7-1-3-9-25(23)19-34)30-13-5-15-32-29(38)33-16-6-14-31-28(37)22-35-18-12-24-8-2-4-10-26(24)20-35/h1-4,7-12,17-20H,5-6,13-16,21-22H2,(H2-2,30,31,32,33,36,37,38)/p+2. The van der Waals surface area contributed by atoms with E-state index < -0.39 is 0 Å². The van der Waals surface area contributed by atoms with E-state index in [2.05, 4.69) is 21.3 Å². The number of hydrogen-bond donors (Lipinski definition) is 4. The Morgan fingerprint density at radius 3 is 1.37 bits per heavy atom. The maximum atomic E-state index is 12.2. The van der Waals surface area contributed by atoms with E-state index in [1.54, 1.807) is 0 Å². The van der Waals surface area contributed by atoms with Crippen LogP contribution in [0.25, 0.3) is 21.5 Å². The van der Waals surface area contributed by atoms with Gasteiger partial charge in [0.2, 0.25) is 13.1 Å². The van der Waals surface area contributed by atoms with Crippen LogP contribution in [0.15, 0.2) is 85.5 Å².